The highest BCUT2D eigenvalue weighted by molar-refractivity contribution is 9.10. The van der Waals surface area contributed by atoms with Crippen molar-refractivity contribution in [2.24, 2.45) is 0 Å². The summed E-state index contributed by atoms with van der Waals surface area (Å²) >= 11 is 6.41. The van der Waals surface area contributed by atoms with E-state index in [0.717, 1.165) is 0 Å². The molecule has 0 N–H and O–H groups in total. The molecule has 0 aliphatic carbocycles. The number of benzene rings is 2. The van der Waals surface area contributed by atoms with Crippen LogP contribution in [-0.4, -0.2) is 0 Å². The largest absolute Gasteiger partial charge is 0.203 e. The highest BCUT2D eigenvalue weighted by Crippen LogP contribution is 2.35. The Morgan fingerprint density at radius 2 is 1.00 bits per heavy atom. The van der Waals surface area contributed by atoms with Gasteiger partial charge in [-0.3, -0.25) is 0 Å². The molecule has 0 aromatic heterocycles. The molecule has 0 radical (unpaired) electrons. The summed E-state index contributed by atoms with van der Waals surface area (Å²) in [6, 6.07) is 13.2. The van der Waals surface area contributed by atoms with E-state index in [2.05, 4.69) is 31.9 Å². The molecule has 0 aliphatic heterocycles. The highest BCUT2D eigenvalue weighted by Gasteiger charge is 2.15. The van der Waals surface area contributed by atoms with Gasteiger partial charge >= 0.3 is 0 Å². The van der Waals surface area contributed by atoms with Crippen LogP contribution in [0.2, 0.25) is 0 Å². The van der Waals surface area contributed by atoms with E-state index in [0.29, 0.717) is 8.95 Å². The number of hydrogen-bond acceptors (Lipinski definition) is 0. The summed E-state index contributed by atoms with van der Waals surface area (Å²) in [6.45, 7) is 0. The van der Waals surface area contributed by atoms with Gasteiger partial charge in [-0.2, -0.15) is 0 Å². The number of rotatable bonds is 2. The summed E-state index contributed by atoms with van der Waals surface area (Å²) in [5, 5.41) is 0. The standard InChI is InChI=1S/C14H8Br2F2/c15-11-7-3-1-5-9(11)13(17)14(18)10-6-2-4-8-12(10)16/h1-8H/b14-13+. The third kappa shape index (κ3) is 2.70. The predicted molar refractivity (Wildman–Crippen MR) is 77.3 cm³/mol. The summed E-state index contributed by atoms with van der Waals surface area (Å²) in [4.78, 5) is 0. The Bertz CT molecular complexity index is 553. The third-order valence-corrected chi connectivity index (χ3v) is 3.80. The molecule has 0 unspecified atom stereocenters. The van der Waals surface area contributed by atoms with Gasteiger partial charge in [-0.25, -0.2) is 8.78 Å². The molecule has 0 fully saturated rings. The summed E-state index contributed by atoms with van der Waals surface area (Å²) in [7, 11) is 0. The molecule has 0 saturated heterocycles. The van der Waals surface area contributed by atoms with Gasteiger partial charge in [0.05, 0.1) is 0 Å². The van der Waals surface area contributed by atoms with Crippen molar-refractivity contribution in [1.29, 1.82) is 0 Å². The fraction of sp³-hybridized carbons (Fsp3) is 0. The van der Waals surface area contributed by atoms with E-state index in [4.69, 9.17) is 0 Å². The molecule has 2 aromatic rings. The number of hydrogen-bond donors (Lipinski definition) is 0. The lowest BCUT2D eigenvalue weighted by atomic mass is 10.1. The first kappa shape index (κ1) is 13.4. The monoisotopic (exact) mass is 372 g/mol. The SMILES string of the molecule is F/C(=C(/F)c1ccccc1Br)c1ccccc1Br. The molecule has 18 heavy (non-hydrogen) atoms. The number of halogens is 4. The molecule has 0 saturated carbocycles. The van der Waals surface area contributed by atoms with Crippen molar-refractivity contribution >= 4 is 43.5 Å². The van der Waals surface area contributed by atoms with Gasteiger partial charge < -0.3 is 0 Å². The molecule has 4 heteroatoms. The maximum Gasteiger partial charge on any atom is 0.167 e. The first-order chi connectivity index (χ1) is 8.61. The van der Waals surface area contributed by atoms with Crippen LogP contribution in [0.4, 0.5) is 8.78 Å². The predicted octanol–water partition coefficient (Wildman–Crippen LogP) is 5.98. The Kier molecular flexibility index (Phi) is 4.30. The highest BCUT2D eigenvalue weighted by atomic mass is 79.9. The van der Waals surface area contributed by atoms with Crippen molar-refractivity contribution in [3.8, 4) is 0 Å². The molecule has 0 amide bonds. The van der Waals surface area contributed by atoms with E-state index >= 15 is 0 Å². The van der Waals surface area contributed by atoms with Crippen LogP contribution in [0.15, 0.2) is 57.5 Å². The summed E-state index contributed by atoms with van der Waals surface area (Å²) in [5.74, 6) is -1.76. The van der Waals surface area contributed by atoms with Crippen molar-refractivity contribution in [3.05, 3.63) is 68.6 Å². The molecule has 0 atom stereocenters. The second-order valence-corrected chi connectivity index (χ2v) is 5.30. The Morgan fingerprint density at radius 3 is 1.33 bits per heavy atom. The van der Waals surface area contributed by atoms with E-state index in [1.54, 1.807) is 36.4 Å². The second-order valence-electron chi connectivity index (χ2n) is 3.59. The average Bonchev–Trinajstić information content (AvgIpc) is 2.38. The molecule has 0 spiro atoms. The van der Waals surface area contributed by atoms with Gasteiger partial charge in [-0.1, -0.05) is 68.3 Å². The van der Waals surface area contributed by atoms with Gasteiger partial charge in [-0.05, 0) is 12.1 Å². The molecular formula is C14H8Br2F2. The molecule has 2 aromatic carbocycles. The van der Waals surface area contributed by atoms with Crippen LogP contribution in [0.5, 0.6) is 0 Å². The van der Waals surface area contributed by atoms with Crippen LogP contribution in [0, 0.1) is 0 Å². The van der Waals surface area contributed by atoms with Crippen LogP contribution >= 0.6 is 31.9 Å². The Balaban J connectivity index is 2.55. The van der Waals surface area contributed by atoms with Crippen LogP contribution in [0.1, 0.15) is 11.1 Å². The maximum atomic E-state index is 14.1. The zero-order chi connectivity index (χ0) is 13.1. The summed E-state index contributed by atoms with van der Waals surface area (Å²) < 4.78 is 29.3. The fourth-order valence-corrected chi connectivity index (χ4v) is 2.43. The maximum absolute atomic E-state index is 14.1. The summed E-state index contributed by atoms with van der Waals surface area (Å²) in [6.07, 6.45) is 0. The van der Waals surface area contributed by atoms with Crippen molar-refractivity contribution in [3.63, 3.8) is 0 Å². The van der Waals surface area contributed by atoms with E-state index in [-0.39, 0.29) is 11.1 Å². The Morgan fingerprint density at radius 1 is 0.667 bits per heavy atom. The van der Waals surface area contributed by atoms with Crippen molar-refractivity contribution < 1.29 is 8.78 Å². The van der Waals surface area contributed by atoms with Crippen LogP contribution < -0.4 is 0 Å². The first-order valence-electron chi connectivity index (χ1n) is 5.16. The van der Waals surface area contributed by atoms with Gasteiger partial charge in [0.2, 0.25) is 0 Å². The smallest absolute Gasteiger partial charge is 0.167 e. The minimum Gasteiger partial charge on any atom is -0.203 e. The normalized spacial score (nSPS) is 12.2. The second kappa shape index (κ2) is 5.76. The van der Waals surface area contributed by atoms with Gasteiger partial charge in [0.25, 0.3) is 0 Å². The van der Waals surface area contributed by atoms with E-state index < -0.39 is 11.7 Å². The molecule has 92 valence electrons. The summed E-state index contributed by atoms with van der Waals surface area (Å²) in [5.41, 5.74) is 0.400. The first-order valence-corrected chi connectivity index (χ1v) is 6.75. The lowest BCUT2D eigenvalue weighted by molar-refractivity contribution is 0.699. The Labute approximate surface area is 121 Å². The van der Waals surface area contributed by atoms with Gasteiger partial charge in [-0.15, -0.1) is 0 Å². The molecule has 0 heterocycles. The quantitative estimate of drug-likeness (QED) is 0.568. The van der Waals surface area contributed by atoms with Crippen LogP contribution in [-0.2, 0) is 0 Å². The third-order valence-electron chi connectivity index (χ3n) is 2.41. The van der Waals surface area contributed by atoms with Crippen molar-refractivity contribution in [2.75, 3.05) is 0 Å². The zero-order valence-corrected chi connectivity index (χ0v) is 12.3. The average molecular weight is 374 g/mol. The molecule has 0 bridgehead atoms. The molecule has 2 rings (SSSR count). The lowest BCUT2D eigenvalue weighted by Gasteiger charge is -2.05. The molecule has 0 nitrogen and oxygen atoms in total. The molecule has 0 aliphatic rings. The van der Waals surface area contributed by atoms with E-state index in [9.17, 15) is 8.78 Å². The van der Waals surface area contributed by atoms with Gasteiger partial charge in [0.15, 0.2) is 11.7 Å². The van der Waals surface area contributed by atoms with Crippen molar-refractivity contribution in [2.45, 2.75) is 0 Å². The van der Waals surface area contributed by atoms with Crippen LogP contribution in [0.3, 0.4) is 0 Å². The van der Waals surface area contributed by atoms with E-state index in [1.165, 1.54) is 12.1 Å². The van der Waals surface area contributed by atoms with Crippen molar-refractivity contribution in [1.82, 2.24) is 0 Å². The Hall–Kier alpha value is -1.00. The van der Waals surface area contributed by atoms with Gasteiger partial charge in [0.1, 0.15) is 0 Å². The lowest BCUT2D eigenvalue weighted by Crippen LogP contribution is -1.86. The topological polar surface area (TPSA) is 0 Å². The minimum atomic E-state index is -0.880. The van der Waals surface area contributed by atoms with E-state index in [1.807, 2.05) is 0 Å². The zero-order valence-electron chi connectivity index (χ0n) is 9.13. The fourth-order valence-electron chi connectivity index (χ4n) is 1.51. The van der Waals surface area contributed by atoms with Gasteiger partial charge in [0, 0.05) is 20.1 Å². The minimum absolute atomic E-state index is 0.200. The molecular weight excluding hydrogens is 366 g/mol. The van der Waals surface area contributed by atoms with Crippen LogP contribution in [0.25, 0.3) is 11.7 Å².